The molecular weight excluding hydrogens is 390 g/mol. The number of carbonyl (C=O) groups is 3. The summed E-state index contributed by atoms with van der Waals surface area (Å²) >= 11 is 1.50. The van der Waals surface area contributed by atoms with Crippen molar-refractivity contribution in [3.63, 3.8) is 0 Å². The fraction of sp³-hybridized carbons (Fsp3) is 0.190. The van der Waals surface area contributed by atoms with Gasteiger partial charge in [-0.05, 0) is 61.7 Å². The maximum atomic E-state index is 12.1. The van der Waals surface area contributed by atoms with Crippen molar-refractivity contribution in [2.45, 2.75) is 20.4 Å². The first-order valence-electron chi connectivity index (χ1n) is 8.96. The number of benzene rings is 1. The molecule has 0 saturated heterocycles. The third kappa shape index (κ3) is 5.32. The van der Waals surface area contributed by atoms with Gasteiger partial charge in [-0.1, -0.05) is 6.07 Å². The number of thiophene rings is 1. The molecule has 0 saturated carbocycles. The molecule has 0 aliphatic heterocycles. The number of amides is 3. The standard InChI is InChI=1S/C21H21N3O4S/c1-14-5-6-15(2)24(14)17-9-7-16(8-10-17)20(26)28-13-19(25)23-21(27)22-12-18-4-3-11-29-18/h3-11H,12-13H2,1-2H3,(H2,22,23,25,27). The summed E-state index contributed by atoms with van der Waals surface area (Å²) in [6.45, 7) is 3.79. The van der Waals surface area contributed by atoms with Gasteiger partial charge in [-0.2, -0.15) is 0 Å². The summed E-state index contributed by atoms with van der Waals surface area (Å²) in [7, 11) is 0. The van der Waals surface area contributed by atoms with E-state index in [4.69, 9.17) is 4.74 Å². The Bertz CT molecular complexity index is 988. The zero-order valence-corrected chi connectivity index (χ0v) is 16.9. The molecule has 0 spiro atoms. The number of nitrogens with one attached hydrogen (secondary N) is 2. The summed E-state index contributed by atoms with van der Waals surface area (Å²) in [5.74, 6) is -1.33. The molecule has 0 aliphatic carbocycles. The van der Waals surface area contributed by atoms with E-state index in [2.05, 4.69) is 15.2 Å². The molecule has 8 heteroatoms. The lowest BCUT2D eigenvalue weighted by molar-refractivity contribution is -0.123. The second-order valence-corrected chi connectivity index (χ2v) is 7.42. The van der Waals surface area contributed by atoms with Crippen molar-refractivity contribution in [2.24, 2.45) is 0 Å². The Hall–Kier alpha value is -3.39. The van der Waals surface area contributed by atoms with Gasteiger partial charge < -0.3 is 14.6 Å². The van der Waals surface area contributed by atoms with E-state index in [9.17, 15) is 14.4 Å². The lowest BCUT2D eigenvalue weighted by Gasteiger charge is -2.10. The Morgan fingerprint density at radius 3 is 2.31 bits per heavy atom. The molecular formula is C21H21N3O4S. The van der Waals surface area contributed by atoms with Gasteiger partial charge in [0.05, 0.1) is 12.1 Å². The van der Waals surface area contributed by atoms with E-state index in [0.717, 1.165) is 22.0 Å². The van der Waals surface area contributed by atoms with Crippen LogP contribution in [0.3, 0.4) is 0 Å². The van der Waals surface area contributed by atoms with Gasteiger partial charge >= 0.3 is 12.0 Å². The van der Waals surface area contributed by atoms with Crippen molar-refractivity contribution < 1.29 is 19.1 Å². The summed E-state index contributed by atoms with van der Waals surface area (Å²) in [5.41, 5.74) is 3.44. The minimum Gasteiger partial charge on any atom is -0.452 e. The van der Waals surface area contributed by atoms with Gasteiger partial charge in [-0.25, -0.2) is 9.59 Å². The van der Waals surface area contributed by atoms with Crippen LogP contribution in [0.5, 0.6) is 0 Å². The summed E-state index contributed by atoms with van der Waals surface area (Å²) in [6, 6.07) is 14.1. The molecule has 29 heavy (non-hydrogen) atoms. The number of nitrogens with zero attached hydrogens (tertiary/aromatic N) is 1. The molecule has 1 aromatic carbocycles. The molecule has 3 amide bonds. The first-order chi connectivity index (χ1) is 13.9. The number of ether oxygens (including phenoxy) is 1. The first-order valence-corrected chi connectivity index (χ1v) is 9.84. The number of imide groups is 1. The molecule has 0 radical (unpaired) electrons. The highest BCUT2D eigenvalue weighted by Crippen LogP contribution is 2.17. The summed E-state index contributed by atoms with van der Waals surface area (Å²) in [5, 5.41) is 6.58. The molecule has 2 aromatic heterocycles. The highest BCUT2D eigenvalue weighted by atomic mass is 32.1. The van der Waals surface area contributed by atoms with Crippen LogP contribution in [0.15, 0.2) is 53.9 Å². The Morgan fingerprint density at radius 1 is 1.00 bits per heavy atom. The van der Waals surface area contributed by atoms with E-state index in [-0.39, 0.29) is 0 Å². The molecule has 2 heterocycles. The van der Waals surface area contributed by atoms with Gasteiger partial charge in [-0.15, -0.1) is 11.3 Å². The lowest BCUT2D eigenvalue weighted by Crippen LogP contribution is -2.41. The number of urea groups is 1. The SMILES string of the molecule is Cc1ccc(C)n1-c1ccc(C(=O)OCC(=O)NC(=O)NCc2cccs2)cc1. The van der Waals surface area contributed by atoms with E-state index in [1.54, 1.807) is 12.1 Å². The van der Waals surface area contributed by atoms with Gasteiger partial charge in [0, 0.05) is 22.0 Å². The van der Waals surface area contributed by atoms with Crippen LogP contribution in [-0.4, -0.2) is 29.1 Å². The van der Waals surface area contributed by atoms with Crippen LogP contribution in [0.4, 0.5) is 4.79 Å². The largest absolute Gasteiger partial charge is 0.452 e. The van der Waals surface area contributed by atoms with Crippen molar-refractivity contribution in [3.8, 4) is 5.69 Å². The fourth-order valence-corrected chi connectivity index (χ4v) is 3.47. The van der Waals surface area contributed by atoms with Crippen molar-refractivity contribution in [1.29, 1.82) is 0 Å². The van der Waals surface area contributed by atoms with Crippen molar-refractivity contribution in [3.05, 3.63) is 75.7 Å². The second-order valence-electron chi connectivity index (χ2n) is 6.38. The van der Waals surface area contributed by atoms with Crippen LogP contribution in [0, 0.1) is 13.8 Å². The number of esters is 1. The average Bonchev–Trinajstić information content (AvgIpc) is 3.34. The smallest absolute Gasteiger partial charge is 0.338 e. The highest BCUT2D eigenvalue weighted by molar-refractivity contribution is 7.09. The van der Waals surface area contributed by atoms with Crippen LogP contribution in [0.2, 0.25) is 0 Å². The van der Waals surface area contributed by atoms with E-state index in [0.29, 0.717) is 12.1 Å². The van der Waals surface area contributed by atoms with Gasteiger partial charge in [0.2, 0.25) is 0 Å². The second kappa shape index (κ2) is 9.20. The number of carbonyl (C=O) groups excluding carboxylic acids is 3. The molecule has 2 N–H and O–H groups in total. The first kappa shape index (κ1) is 20.3. The van der Waals surface area contributed by atoms with Crippen molar-refractivity contribution >= 4 is 29.2 Å². The summed E-state index contributed by atoms with van der Waals surface area (Å²) < 4.78 is 7.05. The molecule has 3 rings (SSSR count). The van der Waals surface area contributed by atoms with Gasteiger partial charge in [0.25, 0.3) is 5.91 Å². The Labute approximate surface area is 172 Å². The quantitative estimate of drug-likeness (QED) is 0.609. The number of hydrogen-bond acceptors (Lipinski definition) is 5. The minimum absolute atomic E-state index is 0.323. The highest BCUT2D eigenvalue weighted by Gasteiger charge is 2.13. The van der Waals surface area contributed by atoms with Crippen molar-refractivity contribution in [1.82, 2.24) is 15.2 Å². The van der Waals surface area contributed by atoms with Crippen LogP contribution >= 0.6 is 11.3 Å². The van der Waals surface area contributed by atoms with Crippen LogP contribution in [0.25, 0.3) is 5.69 Å². The summed E-state index contributed by atoms with van der Waals surface area (Å²) in [4.78, 5) is 36.6. The predicted octanol–water partition coefficient (Wildman–Crippen LogP) is 3.34. The van der Waals surface area contributed by atoms with Gasteiger partial charge in [-0.3, -0.25) is 10.1 Å². The molecule has 3 aromatic rings. The zero-order valence-electron chi connectivity index (χ0n) is 16.1. The summed E-state index contributed by atoms with van der Waals surface area (Å²) in [6.07, 6.45) is 0. The molecule has 0 atom stereocenters. The fourth-order valence-electron chi connectivity index (χ4n) is 2.82. The van der Waals surface area contributed by atoms with E-state index in [1.165, 1.54) is 11.3 Å². The Morgan fingerprint density at radius 2 is 1.69 bits per heavy atom. The monoisotopic (exact) mass is 411 g/mol. The maximum Gasteiger partial charge on any atom is 0.338 e. The van der Waals surface area contributed by atoms with Gasteiger partial charge in [0.15, 0.2) is 6.61 Å². The number of hydrogen-bond donors (Lipinski definition) is 2. The molecule has 0 unspecified atom stereocenters. The maximum absolute atomic E-state index is 12.1. The van der Waals surface area contributed by atoms with E-state index < -0.39 is 24.5 Å². The molecule has 0 bridgehead atoms. The molecule has 7 nitrogen and oxygen atoms in total. The Kier molecular flexibility index (Phi) is 6.46. The third-order valence-corrected chi connectivity index (χ3v) is 5.10. The zero-order chi connectivity index (χ0) is 20.8. The number of rotatable bonds is 6. The number of aryl methyl sites for hydroxylation is 2. The lowest BCUT2D eigenvalue weighted by atomic mass is 10.2. The van der Waals surface area contributed by atoms with E-state index >= 15 is 0 Å². The molecule has 150 valence electrons. The van der Waals surface area contributed by atoms with Crippen LogP contribution in [-0.2, 0) is 16.1 Å². The average molecular weight is 411 g/mol. The topological polar surface area (TPSA) is 89.4 Å². The van der Waals surface area contributed by atoms with Crippen LogP contribution < -0.4 is 10.6 Å². The molecule has 0 fully saturated rings. The molecule has 0 aliphatic rings. The predicted molar refractivity (Wildman–Crippen MR) is 110 cm³/mol. The van der Waals surface area contributed by atoms with Crippen LogP contribution in [0.1, 0.15) is 26.6 Å². The minimum atomic E-state index is -0.697. The normalized spacial score (nSPS) is 10.4. The van der Waals surface area contributed by atoms with Gasteiger partial charge in [0.1, 0.15) is 0 Å². The Balaban J connectivity index is 1.47. The van der Waals surface area contributed by atoms with Crippen molar-refractivity contribution in [2.75, 3.05) is 6.61 Å². The van der Waals surface area contributed by atoms with E-state index in [1.807, 2.05) is 55.6 Å². The number of aromatic nitrogens is 1. The third-order valence-electron chi connectivity index (χ3n) is 4.22.